The van der Waals surface area contributed by atoms with Gasteiger partial charge in [0, 0.05) is 17.6 Å². The van der Waals surface area contributed by atoms with Crippen molar-refractivity contribution in [1.29, 1.82) is 0 Å². The SMILES string of the molecule is FC(F)(F)c1ncccc1C=CCCl. The highest BCUT2D eigenvalue weighted by Crippen LogP contribution is 2.30. The van der Waals surface area contributed by atoms with Crippen molar-refractivity contribution in [1.82, 2.24) is 4.98 Å². The summed E-state index contributed by atoms with van der Waals surface area (Å²) in [5.74, 6) is 0.173. The Hall–Kier alpha value is -1.03. The number of nitrogens with zero attached hydrogens (tertiary/aromatic N) is 1. The topological polar surface area (TPSA) is 12.9 Å². The first kappa shape index (κ1) is 11.0. The van der Waals surface area contributed by atoms with Gasteiger partial charge >= 0.3 is 6.18 Å². The highest BCUT2D eigenvalue weighted by atomic mass is 35.5. The number of hydrogen-bond donors (Lipinski definition) is 0. The van der Waals surface area contributed by atoms with Gasteiger partial charge in [0.2, 0.25) is 0 Å². The lowest BCUT2D eigenvalue weighted by Gasteiger charge is -2.07. The molecule has 0 saturated carbocycles. The van der Waals surface area contributed by atoms with Gasteiger partial charge in [0.25, 0.3) is 0 Å². The Morgan fingerprint density at radius 2 is 2.14 bits per heavy atom. The Bertz CT molecular complexity index is 333. The van der Waals surface area contributed by atoms with Crippen LogP contribution in [0.3, 0.4) is 0 Å². The number of allylic oxidation sites excluding steroid dienone is 1. The van der Waals surface area contributed by atoms with E-state index in [4.69, 9.17) is 11.6 Å². The summed E-state index contributed by atoms with van der Waals surface area (Å²) in [7, 11) is 0. The van der Waals surface area contributed by atoms with Gasteiger partial charge in [-0.25, -0.2) is 0 Å². The molecule has 0 fully saturated rings. The second kappa shape index (κ2) is 4.46. The molecule has 1 aromatic rings. The van der Waals surface area contributed by atoms with E-state index in [0.717, 1.165) is 6.20 Å². The minimum atomic E-state index is -4.42. The van der Waals surface area contributed by atoms with E-state index in [0.29, 0.717) is 0 Å². The van der Waals surface area contributed by atoms with Crippen LogP contribution < -0.4 is 0 Å². The van der Waals surface area contributed by atoms with Crippen LogP contribution in [-0.4, -0.2) is 10.9 Å². The molecule has 0 saturated heterocycles. The Morgan fingerprint density at radius 3 is 2.71 bits per heavy atom. The van der Waals surface area contributed by atoms with E-state index in [1.807, 2.05) is 0 Å². The molecule has 0 atom stereocenters. The molecule has 1 rings (SSSR count). The summed E-state index contributed by atoms with van der Waals surface area (Å²) in [6.07, 6.45) is -0.565. The average molecular weight is 222 g/mol. The van der Waals surface area contributed by atoms with Crippen LogP contribution in [0.5, 0.6) is 0 Å². The Morgan fingerprint density at radius 1 is 1.43 bits per heavy atom. The molecule has 76 valence electrons. The van der Waals surface area contributed by atoms with Crippen LogP contribution in [0.25, 0.3) is 6.08 Å². The molecule has 0 aliphatic carbocycles. The molecule has 0 aromatic carbocycles. The van der Waals surface area contributed by atoms with Gasteiger partial charge in [0.1, 0.15) is 0 Å². The molecule has 14 heavy (non-hydrogen) atoms. The summed E-state index contributed by atoms with van der Waals surface area (Å²) in [6, 6.07) is 2.79. The predicted molar refractivity (Wildman–Crippen MR) is 49.0 cm³/mol. The number of aromatic nitrogens is 1. The number of hydrogen-bond acceptors (Lipinski definition) is 1. The normalized spacial score (nSPS) is 12.3. The van der Waals surface area contributed by atoms with Crippen LogP contribution in [0.1, 0.15) is 11.3 Å². The van der Waals surface area contributed by atoms with Crippen LogP contribution in [-0.2, 0) is 6.18 Å². The van der Waals surface area contributed by atoms with Crippen molar-refractivity contribution in [2.24, 2.45) is 0 Å². The lowest BCUT2D eigenvalue weighted by molar-refractivity contribution is -0.141. The Labute approximate surface area is 84.2 Å². The summed E-state index contributed by atoms with van der Waals surface area (Å²) in [6.45, 7) is 0. The van der Waals surface area contributed by atoms with Crippen molar-refractivity contribution in [3.8, 4) is 0 Å². The number of halogens is 4. The molecule has 0 aliphatic rings. The lowest BCUT2D eigenvalue weighted by Crippen LogP contribution is -2.09. The zero-order valence-electron chi connectivity index (χ0n) is 7.05. The van der Waals surface area contributed by atoms with E-state index in [1.54, 1.807) is 0 Å². The number of rotatable bonds is 2. The van der Waals surface area contributed by atoms with Gasteiger partial charge in [-0.05, 0) is 6.07 Å². The van der Waals surface area contributed by atoms with Crippen LogP contribution in [0, 0.1) is 0 Å². The molecule has 1 nitrogen and oxygen atoms in total. The number of alkyl halides is 4. The maximum atomic E-state index is 12.3. The van der Waals surface area contributed by atoms with Crippen molar-refractivity contribution in [3.05, 3.63) is 35.7 Å². The van der Waals surface area contributed by atoms with E-state index < -0.39 is 11.9 Å². The summed E-state index contributed by atoms with van der Waals surface area (Å²) >= 11 is 5.33. The fraction of sp³-hybridized carbons (Fsp3) is 0.222. The van der Waals surface area contributed by atoms with Gasteiger partial charge in [-0.1, -0.05) is 18.2 Å². The molecule has 0 unspecified atom stereocenters. The summed E-state index contributed by atoms with van der Waals surface area (Å²) < 4.78 is 37.0. The summed E-state index contributed by atoms with van der Waals surface area (Å²) in [4.78, 5) is 3.28. The first-order valence-corrected chi connectivity index (χ1v) is 4.34. The molecule has 0 N–H and O–H groups in total. The molecule has 0 bridgehead atoms. The smallest absolute Gasteiger partial charge is 0.251 e. The monoisotopic (exact) mass is 221 g/mol. The molecule has 0 aliphatic heterocycles. The first-order valence-electron chi connectivity index (χ1n) is 3.80. The summed E-state index contributed by atoms with van der Waals surface area (Å²) in [5, 5.41) is 0. The second-order valence-corrected chi connectivity index (χ2v) is 2.80. The van der Waals surface area contributed by atoms with Gasteiger partial charge in [0.15, 0.2) is 5.69 Å². The van der Waals surface area contributed by atoms with Gasteiger partial charge < -0.3 is 0 Å². The van der Waals surface area contributed by atoms with E-state index >= 15 is 0 Å². The molecular weight excluding hydrogens is 215 g/mol. The van der Waals surface area contributed by atoms with E-state index in [-0.39, 0.29) is 11.4 Å². The van der Waals surface area contributed by atoms with Crippen molar-refractivity contribution in [2.75, 3.05) is 5.88 Å². The quantitative estimate of drug-likeness (QED) is 0.698. The maximum absolute atomic E-state index is 12.3. The molecule has 5 heteroatoms. The standard InChI is InChI=1S/C9H7ClF3N/c10-5-1-3-7-4-2-6-14-8(7)9(11,12)13/h1-4,6H,5H2. The lowest BCUT2D eigenvalue weighted by atomic mass is 10.2. The average Bonchev–Trinajstić information content (AvgIpc) is 2.14. The maximum Gasteiger partial charge on any atom is 0.433 e. The van der Waals surface area contributed by atoms with Gasteiger partial charge in [-0.2, -0.15) is 13.2 Å². The largest absolute Gasteiger partial charge is 0.433 e. The second-order valence-electron chi connectivity index (χ2n) is 2.50. The molecule has 0 radical (unpaired) electrons. The number of pyridine rings is 1. The molecule has 1 aromatic heterocycles. The molecule has 0 spiro atoms. The van der Waals surface area contributed by atoms with E-state index in [1.165, 1.54) is 24.3 Å². The van der Waals surface area contributed by atoms with Crippen LogP contribution >= 0.6 is 11.6 Å². The fourth-order valence-electron chi connectivity index (χ4n) is 0.961. The highest BCUT2D eigenvalue weighted by molar-refractivity contribution is 6.19. The minimum absolute atomic E-state index is 0.0284. The van der Waals surface area contributed by atoms with Crippen molar-refractivity contribution < 1.29 is 13.2 Å². The van der Waals surface area contributed by atoms with Crippen molar-refractivity contribution in [3.63, 3.8) is 0 Å². The van der Waals surface area contributed by atoms with Crippen LogP contribution in [0.2, 0.25) is 0 Å². The zero-order valence-corrected chi connectivity index (χ0v) is 7.81. The molecular formula is C9H7ClF3N. The third-order valence-electron chi connectivity index (χ3n) is 1.49. The van der Waals surface area contributed by atoms with Crippen molar-refractivity contribution >= 4 is 17.7 Å². The zero-order chi connectivity index (χ0) is 10.6. The Balaban J connectivity index is 3.10. The van der Waals surface area contributed by atoms with Gasteiger partial charge in [0.05, 0.1) is 0 Å². The minimum Gasteiger partial charge on any atom is -0.251 e. The first-order chi connectivity index (χ1) is 6.55. The van der Waals surface area contributed by atoms with Crippen LogP contribution in [0.4, 0.5) is 13.2 Å². The molecule has 0 amide bonds. The molecule has 1 heterocycles. The third kappa shape index (κ3) is 2.73. The third-order valence-corrected chi connectivity index (χ3v) is 1.67. The van der Waals surface area contributed by atoms with Gasteiger partial charge in [-0.15, -0.1) is 11.6 Å². The van der Waals surface area contributed by atoms with E-state index in [9.17, 15) is 13.2 Å². The fourth-order valence-corrected chi connectivity index (χ4v) is 1.05. The highest BCUT2D eigenvalue weighted by Gasteiger charge is 2.34. The predicted octanol–water partition coefficient (Wildman–Crippen LogP) is 3.35. The Kier molecular flexibility index (Phi) is 3.52. The summed E-state index contributed by atoms with van der Waals surface area (Å²) in [5.41, 5.74) is -0.859. The van der Waals surface area contributed by atoms with E-state index in [2.05, 4.69) is 4.98 Å². The van der Waals surface area contributed by atoms with Crippen molar-refractivity contribution in [2.45, 2.75) is 6.18 Å². The van der Waals surface area contributed by atoms with Crippen LogP contribution in [0.15, 0.2) is 24.4 Å². The van der Waals surface area contributed by atoms with Gasteiger partial charge in [-0.3, -0.25) is 4.98 Å².